The van der Waals surface area contributed by atoms with Crippen LogP contribution in [0.3, 0.4) is 0 Å². The summed E-state index contributed by atoms with van der Waals surface area (Å²) in [6.07, 6.45) is 5.90. The summed E-state index contributed by atoms with van der Waals surface area (Å²) in [4.78, 5) is 16.5. The van der Waals surface area contributed by atoms with Crippen molar-refractivity contribution in [3.05, 3.63) is 94.3 Å². The summed E-state index contributed by atoms with van der Waals surface area (Å²) < 4.78 is 40.3. The zero-order chi connectivity index (χ0) is 25.4. The molecule has 184 valence electrons. The van der Waals surface area contributed by atoms with Gasteiger partial charge in [0, 0.05) is 12.4 Å². The lowest BCUT2D eigenvalue weighted by Crippen LogP contribution is -2.14. The first-order valence-electron chi connectivity index (χ1n) is 10.8. The van der Waals surface area contributed by atoms with Crippen LogP contribution in [0.5, 0.6) is 11.9 Å². The van der Waals surface area contributed by atoms with Crippen LogP contribution in [-0.2, 0) is 10.0 Å². The predicted molar refractivity (Wildman–Crippen MR) is 141 cm³/mol. The quantitative estimate of drug-likeness (QED) is 0.269. The highest BCUT2D eigenvalue weighted by molar-refractivity contribution is 9.10. The van der Waals surface area contributed by atoms with Gasteiger partial charge in [-0.2, -0.15) is 0 Å². The molecular weight excluding hydrogens is 546 g/mol. The van der Waals surface area contributed by atoms with Gasteiger partial charge >= 0.3 is 6.01 Å². The average molecular weight is 568 g/mol. The monoisotopic (exact) mass is 567 g/mol. The lowest BCUT2D eigenvalue weighted by Gasteiger charge is -2.15. The zero-order valence-electron chi connectivity index (χ0n) is 19.2. The van der Waals surface area contributed by atoms with Crippen molar-refractivity contribution in [2.24, 2.45) is 0 Å². The molecule has 1 N–H and O–H groups in total. The minimum atomic E-state index is -3.87. The summed E-state index contributed by atoms with van der Waals surface area (Å²) >= 11 is 3.27. The van der Waals surface area contributed by atoms with Gasteiger partial charge in [0.05, 0.1) is 15.4 Å². The second kappa shape index (κ2) is 11.7. The Morgan fingerprint density at radius 2 is 1.61 bits per heavy atom. The van der Waals surface area contributed by atoms with E-state index >= 15 is 0 Å². The lowest BCUT2D eigenvalue weighted by atomic mass is 10.1. The van der Waals surface area contributed by atoms with Crippen LogP contribution in [0.1, 0.15) is 11.1 Å². The summed E-state index contributed by atoms with van der Waals surface area (Å²) in [6.45, 7) is 2.23. The molecule has 0 spiro atoms. The number of anilines is 1. The zero-order valence-corrected chi connectivity index (χ0v) is 21.6. The van der Waals surface area contributed by atoms with E-state index in [1.54, 1.807) is 12.4 Å². The summed E-state index contributed by atoms with van der Waals surface area (Å²) in [7, 11) is -3.87. The molecule has 0 amide bonds. The third-order valence-corrected chi connectivity index (χ3v) is 6.16. The molecule has 0 aliphatic rings. The van der Waals surface area contributed by atoms with Crippen molar-refractivity contribution >= 4 is 37.8 Å². The van der Waals surface area contributed by atoms with Crippen molar-refractivity contribution in [1.82, 2.24) is 19.9 Å². The molecule has 0 atom stereocenters. The van der Waals surface area contributed by atoms with Crippen molar-refractivity contribution < 1.29 is 17.9 Å². The molecule has 0 unspecified atom stereocenters. The molecule has 36 heavy (non-hydrogen) atoms. The predicted octanol–water partition coefficient (Wildman–Crippen LogP) is 4.87. The van der Waals surface area contributed by atoms with Crippen molar-refractivity contribution in [2.75, 3.05) is 17.9 Å². The smallest absolute Gasteiger partial charge is 0.316 e. The van der Waals surface area contributed by atoms with Crippen LogP contribution in [-0.4, -0.2) is 41.6 Å². The molecule has 11 heteroatoms. The number of hydrogen-bond acceptors (Lipinski definition) is 8. The fraction of sp³-hybridized carbons (Fsp3) is 0.120. The first-order chi connectivity index (χ1) is 17.4. The van der Waals surface area contributed by atoms with Gasteiger partial charge in [-0.15, -0.1) is 0 Å². The van der Waals surface area contributed by atoms with E-state index in [1.165, 1.54) is 12.4 Å². The molecule has 2 aromatic heterocycles. The summed E-state index contributed by atoms with van der Waals surface area (Å²) in [5, 5.41) is 1.09. The van der Waals surface area contributed by atoms with E-state index in [1.807, 2.05) is 61.5 Å². The summed E-state index contributed by atoms with van der Waals surface area (Å²) in [6, 6.07) is 16.9. The van der Waals surface area contributed by atoms with Crippen LogP contribution in [0.2, 0.25) is 0 Å². The highest BCUT2D eigenvalue weighted by Crippen LogP contribution is 2.34. The van der Waals surface area contributed by atoms with Crippen LogP contribution in [0, 0.1) is 6.92 Å². The normalized spacial score (nSPS) is 11.4. The third-order valence-electron chi connectivity index (χ3n) is 4.78. The van der Waals surface area contributed by atoms with Crippen molar-refractivity contribution in [1.29, 1.82) is 0 Å². The number of sulfonamides is 1. The largest absolute Gasteiger partial charge is 0.473 e. The number of aromatic nitrogens is 4. The standard InChI is InChI=1S/C25H22BrN5O4S/c1-18-7-9-20(10-8-18)22-23(31-36(32,33)14-11-19-5-3-2-4-6-19)29-17-30-24(22)34-12-13-35-25-27-15-21(26)16-28-25/h2-11,14-17H,12-13H2,1H3,(H,29,30,31). The Hall–Kier alpha value is -3.83. The molecule has 0 radical (unpaired) electrons. The number of ether oxygens (including phenoxy) is 2. The third kappa shape index (κ3) is 7.09. The van der Waals surface area contributed by atoms with Crippen molar-refractivity contribution in [3.63, 3.8) is 0 Å². The second-order valence-electron chi connectivity index (χ2n) is 7.51. The van der Waals surface area contributed by atoms with E-state index < -0.39 is 10.0 Å². The number of nitrogens with one attached hydrogen (secondary N) is 1. The van der Waals surface area contributed by atoms with E-state index in [0.717, 1.165) is 21.0 Å². The molecular formula is C25H22BrN5O4S. The molecule has 0 saturated carbocycles. The number of benzene rings is 2. The lowest BCUT2D eigenvalue weighted by molar-refractivity contribution is 0.202. The van der Waals surface area contributed by atoms with Gasteiger partial charge in [0.2, 0.25) is 5.88 Å². The summed E-state index contributed by atoms with van der Waals surface area (Å²) in [5.74, 6) is 0.303. The summed E-state index contributed by atoms with van der Waals surface area (Å²) in [5.41, 5.74) is 2.91. The number of nitrogens with zero attached hydrogens (tertiary/aromatic N) is 4. The SMILES string of the molecule is Cc1ccc(-c2c(NS(=O)(=O)C=Cc3ccccc3)ncnc2OCCOc2ncc(Br)cn2)cc1. The van der Waals surface area contributed by atoms with Crippen LogP contribution in [0.15, 0.2) is 83.2 Å². The van der Waals surface area contributed by atoms with Gasteiger partial charge < -0.3 is 9.47 Å². The Bertz CT molecular complexity index is 1430. The Morgan fingerprint density at radius 1 is 0.917 bits per heavy atom. The Balaban J connectivity index is 1.56. The second-order valence-corrected chi connectivity index (χ2v) is 9.99. The van der Waals surface area contributed by atoms with E-state index in [4.69, 9.17) is 9.47 Å². The Morgan fingerprint density at radius 3 is 2.33 bits per heavy atom. The fourth-order valence-corrected chi connectivity index (χ4v) is 4.12. The van der Waals surface area contributed by atoms with Gasteiger partial charge in [-0.1, -0.05) is 60.2 Å². The maximum Gasteiger partial charge on any atom is 0.316 e. The Kier molecular flexibility index (Phi) is 8.24. The minimum absolute atomic E-state index is 0.0960. The number of aryl methyl sites for hydroxylation is 1. The van der Waals surface area contributed by atoms with Gasteiger partial charge in [0.1, 0.15) is 19.5 Å². The van der Waals surface area contributed by atoms with E-state index in [-0.39, 0.29) is 30.9 Å². The maximum atomic E-state index is 12.8. The molecule has 0 fully saturated rings. The average Bonchev–Trinajstić information content (AvgIpc) is 2.88. The van der Waals surface area contributed by atoms with E-state index in [2.05, 4.69) is 40.6 Å². The fourth-order valence-electron chi connectivity index (χ4n) is 3.08. The van der Waals surface area contributed by atoms with Gasteiger partial charge in [-0.25, -0.2) is 28.4 Å². The van der Waals surface area contributed by atoms with Crippen LogP contribution >= 0.6 is 15.9 Å². The highest BCUT2D eigenvalue weighted by atomic mass is 79.9. The molecule has 2 aromatic carbocycles. The van der Waals surface area contributed by atoms with Crippen molar-refractivity contribution in [3.8, 4) is 23.0 Å². The molecule has 0 aliphatic heterocycles. The molecule has 0 aliphatic carbocycles. The number of rotatable bonds is 10. The van der Waals surface area contributed by atoms with Gasteiger partial charge in [0.25, 0.3) is 10.0 Å². The first kappa shape index (κ1) is 25.3. The van der Waals surface area contributed by atoms with Gasteiger partial charge in [-0.05, 0) is 40.1 Å². The van der Waals surface area contributed by atoms with Gasteiger partial charge in [0.15, 0.2) is 5.82 Å². The molecule has 2 heterocycles. The molecule has 9 nitrogen and oxygen atoms in total. The number of halogens is 1. The van der Waals surface area contributed by atoms with Crippen LogP contribution < -0.4 is 14.2 Å². The van der Waals surface area contributed by atoms with Crippen LogP contribution in [0.4, 0.5) is 5.82 Å². The maximum absolute atomic E-state index is 12.8. The topological polar surface area (TPSA) is 116 Å². The number of hydrogen-bond donors (Lipinski definition) is 1. The molecule has 4 aromatic rings. The molecule has 0 saturated heterocycles. The van der Waals surface area contributed by atoms with Crippen LogP contribution in [0.25, 0.3) is 17.2 Å². The van der Waals surface area contributed by atoms with Crippen molar-refractivity contribution in [2.45, 2.75) is 6.92 Å². The minimum Gasteiger partial charge on any atom is -0.473 e. The van der Waals surface area contributed by atoms with E-state index in [9.17, 15) is 8.42 Å². The van der Waals surface area contributed by atoms with Gasteiger partial charge in [-0.3, -0.25) is 4.72 Å². The highest BCUT2D eigenvalue weighted by Gasteiger charge is 2.19. The Labute approximate surface area is 217 Å². The molecule has 4 rings (SSSR count). The first-order valence-corrected chi connectivity index (χ1v) is 13.1. The van der Waals surface area contributed by atoms with E-state index in [0.29, 0.717) is 11.1 Å². The molecule has 0 bridgehead atoms.